The van der Waals surface area contributed by atoms with Gasteiger partial charge in [-0.3, -0.25) is 0 Å². The number of halogens is 2. The largest absolute Gasteiger partial charge is 0.489 e. The predicted octanol–water partition coefficient (Wildman–Crippen LogP) is 3.58. The molecule has 1 aromatic rings. The van der Waals surface area contributed by atoms with Gasteiger partial charge in [-0.2, -0.15) is 0 Å². The minimum absolute atomic E-state index is 0.463. The number of hydrogen-bond acceptors (Lipinski definition) is 2. The van der Waals surface area contributed by atoms with E-state index >= 15 is 0 Å². The molecule has 0 atom stereocenters. The highest BCUT2D eigenvalue weighted by atomic mass is 35.5. The fraction of sp³-hybridized carbons (Fsp3) is 0.333. The Morgan fingerprint density at radius 2 is 2.25 bits per heavy atom. The molecule has 2 nitrogen and oxygen atoms in total. The third kappa shape index (κ3) is 4.44. The molecule has 0 saturated carbocycles. The van der Waals surface area contributed by atoms with E-state index in [1.807, 2.05) is 18.2 Å². The van der Waals surface area contributed by atoms with Crippen LogP contribution in [0.3, 0.4) is 0 Å². The molecule has 1 N–H and O–H groups in total. The molecular weight excluding hydrogens is 245 g/mol. The van der Waals surface area contributed by atoms with Gasteiger partial charge in [0.1, 0.15) is 12.4 Å². The second kappa shape index (κ2) is 7.55. The molecule has 16 heavy (non-hydrogen) atoms. The van der Waals surface area contributed by atoms with E-state index in [0.29, 0.717) is 11.6 Å². The number of hydrogen-bond donors (Lipinski definition) is 1. The van der Waals surface area contributed by atoms with Crippen molar-refractivity contribution in [3.05, 3.63) is 40.4 Å². The summed E-state index contributed by atoms with van der Waals surface area (Å²) in [5.74, 6) is 0.833. The molecule has 1 rings (SSSR count). The van der Waals surface area contributed by atoms with Crippen molar-refractivity contribution in [3.63, 3.8) is 0 Å². The molecule has 4 heteroatoms. The second-order valence-corrected chi connectivity index (χ2v) is 3.89. The Morgan fingerprint density at radius 1 is 1.44 bits per heavy atom. The van der Waals surface area contributed by atoms with Crippen LogP contribution < -0.4 is 10.1 Å². The molecule has 0 aliphatic heterocycles. The van der Waals surface area contributed by atoms with E-state index in [1.165, 1.54) is 5.54 Å². The Morgan fingerprint density at radius 3 is 2.94 bits per heavy atom. The standard InChI is InChI=1S/C12H15Cl2NO/c1-2-15-9-10-8-11(14)4-5-12(10)16-7-3-6-13/h3-6,8,15H,2,7,9H2,1H3/b6-3+. The molecule has 0 radical (unpaired) electrons. The monoisotopic (exact) mass is 259 g/mol. The summed E-state index contributed by atoms with van der Waals surface area (Å²) < 4.78 is 5.56. The van der Waals surface area contributed by atoms with Crippen LogP contribution in [0.4, 0.5) is 0 Å². The molecule has 0 spiro atoms. The first-order valence-corrected chi connectivity index (χ1v) is 5.96. The first-order valence-electron chi connectivity index (χ1n) is 5.15. The van der Waals surface area contributed by atoms with Crippen LogP contribution in [-0.4, -0.2) is 13.2 Å². The highest BCUT2D eigenvalue weighted by Crippen LogP contribution is 2.22. The Hall–Kier alpha value is -0.700. The molecule has 88 valence electrons. The smallest absolute Gasteiger partial charge is 0.124 e. The van der Waals surface area contributed by atoms with Gasteiger partial charge in [-0.15, -0.1) is 0 Å². The summed E-state index contributed by atoms with van der Waals surface area (Å²) in [6.45, 7) is 4.18. The fourth-order valence-electron chi connectivity index (χ4n) is 1.26. The van der Waals surface area contributed by atoms with E-state index in [9.17, 15) is 0 Å². The molecule has 0 saturated heterocycles. The summed E-state index contributed by atoms with van der Waals surface area (Å²) in [6.07, 6.45) is 1.74. The third-order valence-electron chi connectivity index (χ3n) is 2.01. The molecular formula is C12H15Cl2NO. The lowest BCUT2D eigenvalue weighted by Crippen LogP contribution is -2.13. The van der Waals surface area contributed by atoms with Gasteiger partial charge in [0.05, 0.1) is 0 Å². The molecule has 1 aromatic carbocycles. The Labute approximate surface area is 106 Å². The zero-order valence-electron chi connectivity index (χ0n) is 9.17. The zero-order chi connectivity index (χ0) is 11.8. The number of rotatable bonds is 6. The third-order valence-corrected chi connectivity index (χ3v) is 2.43. The van der Waals surface area contributed by atoms with Crippen molar-refractivity contribution in [2.45, 2.75) is 13.5 Å². The highest BCUT2D eigenvalue weighted by molar-refractivity contribution is 6.30. The van der Waals surface area contributed by atoms with Gasteiger partial charge < -0.3 is 10.1 Å². The van der Waals surface area contributed by atoms with Crippen molar-refractivity contribution < 1.29 is 4.74 Å². The Balaban J connectivity index is 2.72. The van der Waals surface area contributed by atoms with Gasteiger partial charge in [-0.25, -0.2) is 0 Å². The summed E-state index contributed by atoms with van der Waals surface area (Å²) in [4.78, 5) is 0. The number of nitrogens with one attached hydrogen (secondary N) is 1. The molecule has 0 fully saturated rings. The van der Waals surface area contributed by atoms with Crippen LogP contribution in [0.25, 0.3) is 0 Å². The zero-order valence-corrected chi connectivity index (χ0v) is 10.7. The van der Waals surface area contributed by atoms with Crippen molar-refractivity contribution in [3.8, 4) is 5.75 Å². The van der Waals surface area contributed by atoms with E-state index in [4.69, 9.17) is 27.9 Å². The van der Waals surface area contributed by atoms with Crippen LogP contribution in [0.15, 0.2) is 29.8 Å². The SMILES string of the molecule is CCNCc1cc(Cl)ccc1OC/C=C/Cl. The molecule has 0 unspecified atom stereocenters. The topological polar surface area (TPSA) is 21.3 Å². The highest BCUT2D eigenvalue weighted by Gasteiger charge is 2.03. The Bertz CT molecular complexity index is 353. The number of ether oxygens (including phenoxy) is 1. The van der Waals surface area contributed by atoms with E-state index < -0.39 is 0 Å². The van der Waals surface area contributed by atoms with Gasteiger partial charge in [0, 0.05) is 22.7 Å². The maximum absolute atomic E-state index is 5.94. The van der Waals surface area contributed by atoms with E-state index in [2.05, 4.69) is 12.2 Å². The molecule has 0 heterocycles. The molecule has 0 aliphatic carbocycles. The summed E-state index contributed by atoms with van der Waals surface area (Å²) in [6, 6.07) is 5.60. The fourth-order valence-corrected chi connectivity index (χ4v) is 1.53. The summed E-state index contributed by atoms with van der Waals surface area (Å²) in [5, 5.41) is 3.96. The quantitative estimate of drug-likeness (QED) is 0.844. The van der Waals surface area contributed by atoms with Crippen LogP contribution in [0.2, 0.25) is 5.02 Å². The summed E-state index contributed by atoms with van der Waals surface area (Å²) >= 11 is 11.4. The average Bonchev–Trinajstić information content (AvgIpc) is 2.29. The van der Waals surface area contributed by atoms with Gasteiger partial charge >= 0.3 is 0 Å². The molecule has 0 amide bonds. The van der Waals surface area contributed by atoms with Crippen LogP contribution in [0, 0.1) is 0 Å². The van der Waals surface area contributed by atoms with Crippen molar-refractivity contribution in [2.75, 3.05) is 13.2 Å². The molecule has 0 aromatic heterocycles. The van der Waals surface area contributed by atoms with Crippen molar-refractivity contribution in [2.24, 2.45) is 0 Å². The Kier molecular flexibility index (Phi) is 6.31. The van der Waals surface area contributed by atoms with Crippen LogP contribution in [-0.2, 0) is 6.54 Å². The van der Waals surface area contributed by atoms with Gasteiger partial charge in [0.25, 0.3) is 0 Å². The first-order chi connectivity index (χ1) is 7.77. The van der Waals surface area contributed by atoms with Crippen molar-refractivity contribution in [1.82, 2.24) is 5.32 Å². The second-order valence-electron chi connectivity index (χ2n) is 3.21. The number of benzene rings is 1. The first kappa shape index (κ1) is 13.4. The van der Waals surface area contributed by atoms with Gasteiger partial charge in [-0.05, 0) is 30.8 Å². The maximum atomic E-state index is 5.94. The minimum Gasteiger partial charge on any atom is -0.489 e. The normalized spacial score (nSPS) is 10.9. The van der Waals surface area contributed by atoms with Crippen molar-refractivity contribution >= 4 is 23.2 Å². The average molecular weight is 260 g/mol. The van der Waals surface area contributed by atoms with Gasteiger partial charge in [0.15, 0.2) is 0 Å². The van der Waals surface area contributed by atoms with Crippen LogP contribution in [0.1, 0.15) is 12.5 Å². The van der Waals surface area contributed by atoms with E-state index in [-0.39, 0.29) is 0 Å². The lowest BCUT2D eigenvalue weighted by atomic mass is 10.2. The molecule has 0 aliphatic rings. The maximum Gasteiger partial charge on any atom is 0.124 e. The summed E-state index contributed by atoms with van der Waals surface area (Å²) in [7, 11) is 0. The van der Waals surface area contributed by atoms with E-state index in [0.717, 1.165) is 24.4 Å². The van der Waals surface area contributed by atoms with Crippen LogP contribution >= 0.6 is 23.2 Å². The van der Waals surface area contributed by atoms with Crippen LogP contribution in [0.5, 0.6) is 5.75 Å². The lowest BCUT2D eigenvalue weighted by molar-refractivity contribution is 0.358. The summed E-state index contributed by atoms with van der Waals surface area (Å²) in [5.41, 5.74) is 2.50. The van der Waals surface area contributed by atoms with Gasteiger partial charge in [0.2, 0.25) is 0 Å². The lowest BCUT2D eigenvalue weighted by Gasteiger charge is -2.10. The predicted molar refractivity (Wildman–Crippen MR) is 69.3 cm³/mol. The van der Waals surface area contributed by atoms with Gasteiger partial charge in [-0.1, -0.05) is 30.1 Å². The van der Waals surface area contributed by atoms with Crippen molar-refractivity contribution in [1.29, 1.82) is 0 Å². The van der Waals surface area contributed by atoms with E-state index in [1.54, 1.807) is 6.08 Å². The minimum atomic E-state index is 0.463. The molecule has 0 bridgehead atoms.